The molecule has 7 heteroatoms. The van der Waals surface area contributed by atoms with Crippen LogP contribution in [0.1, 0.15) is 25.3 Å². The Hall–Kier alpha value is -2.15. The van der Waals surface area contributed by atoms with Crippen LogP contribution in [0.15, 0.2) is 12.1 Å². The number of nitro benzene ring substituents is 1. The van der Waals surface area contributed by atoms with Gasteiger partial charge in [0, 0.05) is 37.9 Å². The van der Waals surface area contributed by atoms with Gasteiger partial charge >= 0.3 is 0 Å². The Balaban J connectivity index is 2.27. The molecule has 0 spiro atoms. The van der Waals surface area contributed by atoms with Crippen molar-refractivity contribution in [3.8, 4) is 0 Å². The third-order valence-electron chi connectivity index (χ3n) is 3.47. The van der Waals surface area contributed by atoms with E-state index < -0.39 is 4.92 Å². The Morgan fingerprint density at radius 1 is 1.48 bits per heavy atom. The van der Waals surface area contributed by atoms with Crippen molar-refractivity contribution in [2.45, 2.75) is 32.2 Å². The predicted molar refractivity (Wildman–Crippen MR) is 79.6 cm³/mol. The third kappa shape index (κ3) is 3.69. The molecular weight excluding hydrogens is 274 g/mol. The van der Waals surface area contributed by atoms with Crippen LogP contribution in [-0.4, -0.2) is 30.6 Å². The monoisotopic (exact) mass is 293 g/mol. The summed E-state index contributed by atoms with van der Waals surface area (Å²) in [7, 11) is 1.61. The molecule has 0 radical (unpaired) electrons. The molecule has 0 aliphatic carbocycles. The number of carbonyl (C=O) groups is 1. The summed E-state index contributed by atoms with van der Waals surface area (Å²) in [5, 5.41) is 17.1. The van der Waals surface area contributed by atoms with Gasteiger partial charge in [-0.05, 0) is 31.4 Å². The zero-order valence-electron chi connectivity index (χ0n) is 12.1. The Kier molecular flexibility index (Phi) is 4.74. The van der Waals surface area contributed by atoms with Crippen molar-refractivity contribution in [3.05, 3.63) is 27.8 Å². The molecule has 1 heterocycles. The highest BCUT2D eigenvalue weighted by atomic mass is 16.6. The number of methoxy groups -OCH3 is 1. The van der Waals surface area contributed by atoms with Crippen molar-refractivity contribution in [1.82, 2.24) is 0 Å². The second-order valence-electron chi connectivity index (χ2n) is 5.16. The SMILES string of the molecule is COCCC(C)Nc1cc2c(cc1[N+](=O)[O-])CCC(=O)N2. The summed E-state index contributed by atoms with van der Waals surface area (Å²) in [5.74, 6) is -0.0604. The fraction of sp³-hybridized carbons (Fsp3) is 0.500. The number of anilines is 2. The standard InChI is InChI=1S/C14H19N3O4/c1-9(5-6-21-2)15-12-8-11-10(3-4-14(18)16-11)7-13(12)17(19)20/h7-9,15H,3-6H2,1-2H3,(H,16,18). The van der Waals surface area contributed by atoms with Crippen LogP contribution in [0.3, 0.4) is 0 Å². The first-order valence-electron chi connectivity index (χ1n) is 6.88. The summed E-state index contributed by atoms with van der Waals surface area (Å²) in [5.41, 5.74) is 1.91. The number of benzene rings is 1. The minimum atomic E-state index is -0.401. The average Bonchev–Trinajstić information content (AvgIpc) is 2.44. The van der Waals surface area contributed by atoms with E-state index in [1.165, 1.54) is 0 Å². The van der Waals surface area contributed by atoms with E-state index in [1.807, 2.05) is 6.92 Å². The van der Waals surface area contributed by atoms with E-state index in [0.29, 0.717) is 30.8 Å². The lowest BCUT2D eigenvalue weighted by Crippen LogP contribution is -2.21. The molecule has 1 aromatic rings. The van der Waals surface area contributed by atoms with Gasteiger partial charge in [-0.25, -0.2) is 0 Å². The molecule has 2 N–H and O–H groups in total. The van der Waals surface area contributed by atoms with Gasteiger partial charge in [-0.3, -0.25) is 14.9 Å². The van der Waals surface area contributed by atoms with E-state index in [4.69, 9.17) is 4.74 Å². The number of fused-ring (bicyclic) bond motifs is 1. The number of ether oxygens (including phenoxy) is 1. The lowest BCUT2D eigenvalue weighted by molar-refractivity contribution is -0.384. The van der Waals surface area contributed by atoms with Crippen LogP contribution in [0, 0.1) is 10.1 Å². The van der Waals surface area contributed by atoms with Crippen LogP contribution in [0.5, 0.6) is 0 Å². The summed E-state index contributed by atoms with van der Waals surface area (Å²) >= 11 is 0. The molecule has 1 amide bonds. The molecule has 7 nitrogen and oxygen atoms in total. The highest BCUT2D eigenvalue weighted by Gasteiger charge is 2.23. The fourth-order valence-electron chi connectivity index (χ4n) is 2.31. The Morgan fingerprint density at radius 2 is 2.24 bits per heavy atom. The molecule has 1 aromatic carbocycles. The molecule has 0 fully saturated rings. The number of nitrogens with one attached hydrogen (secondary N) is 2. The van der Waals surface area contributed by atoms with Crippen LogP contribution in [0.4, 0.5) is 17.1 Å². The van der Waals surface area contributed by atoms with Crippen molar-refractivity contribution in [3.63, 3.8) is 0 Å². The molecule has 114 valence electrons. The number of amides is 1. The number of rotatable bonds is 6. The molecular formula is C14H19N3O4. The fourth-order valence-corrected chi connectivity index (χ4v) is 2.31. The van der Waals surface area contributed by atoms with Crippen molar-refractivity contribution in [2.24, 2.45) is 0 Å². The second kappa shape index (κ2) is 6.53. The largest absolute Gasteiger partial charge is 0.385 e. The average molecular weight is 293 g/mol. The van der Waals surface area contributed by atoms with E-state index in [-0.39, 0.29) is 17.6 Å². The van der Waals surface area contributed by atoms with Gasteiger partial charge in [0.25, 0.3) is 5.69 Å². The first-order chi connectivity index (χ1) is 10.0. The molecule has 1 unspecified atom stereocenters. The Bertz CT molecular complexity index is 559. The van der Waals surface area contributed by atoms with Gasteiger partial charge in [-0.15, -0.1) is 0 Å². The summed E-state index contributed by atoms with van der Waals surface area (Å²) in [6, 6.07) is 3.22. The maximum atomic E-state index is 11.4. The summed E-state index contributed by atoms with van der Waals surface area (Å²) in [6.45, 7) is 2.50. The van der Waals surface area contributed by atoms with Crippen LogP contribution in [-0.2, 0) is 16.0 Å². The zero-order chi connectivity index (χ0) is 15.4. The molecule has 21 heavy (non-hydrogen) atoms. The number of nitro groups is 1. The zero-order valence-corrected chi connectivity index (χ0v) is 12.1. The molecule has 2 rings (SSSR count). The van der Waals surface area contributed by atoms with Crippen molar-refractivity contribution < 1.29 is 14.5 Å². The van der Waals surface area contributed by atoms with Crippen LogP contribution in [0.2, 0.25) is 0 Å². The molecule has 0 aromatic heterocycles. The number of nitrogens with zero attached hydrogens (tertiary/aromatic N) is 1. The van der Waals surface area contributed by atoms with Crippen molar-refractivity contribution >= 4 is 23.0 Å². The van der Waals surface area contributed by atoms with Gasteiger partial charge in [0.05, 0.1) is 4.92 Å². The lowest BCUT2D eigenvalue weighted by Gasteiger charge is -2.20. The molecule has 1 aliphatic rings. The Morgan fingerprint density at radius 3 is 2.90 bits per heavy atom. The number of hydrogen-bond acceptors (Lipinski definition) is 5. The smallest absolute Gasteiger partial charge is 0.292 e. The van der Waals surface area contributed by atoms with Crippen LogP contribution >= 0.6 is 0 Å². The molecule has 0 saturated heterocycles. The summed E-state index contributed by atoms with van der Waals surface area (Å²) < 4.78 is 5.00. The van der Waals surface area contributed by atoms with E-state index in [2.05, 4.69) is 10.6 Å². The van der Waals surface area contributed by atoms with Crippen LogP contribution < -0.4 is 10.6 Å². The minimum absolute atomic E-state index is 0.0287. The molecule has 1 atom stereocenters. The van der Waals surface area contributed by atoms with Crippen LogP contribution in [0.25, 0.3) is 0 Å². The summed E-state index contributed by atoms with van der Waals surface area (Å²) in [6.07, 6.45) is 1.62. The molecule has 1 aliphatic heterocycles. The van der Waals surface area contributed by atoms with Gasteiger partial charge in [0.1, 0.15) is 5.69 Å². The predicted octanol–water partition coefficient (Wildman–Crippen LogP) is 2.32. The van der Waals surface area contributed by atoms with Crippen molar-refractivity contribution in [2.75, 3.05) is 24.4 Å². The number of aryl methyl sites for hydroxylation is 1. The third-order valence-corrected chi connectivity index (χ3v) is 3.47. The molecule has 0 bridgehead atoms. The van der Waals surface area contributed by atoms with Gasteiger partial charge in [-0.1, -0.05) is 0 Å². The number of hydrogen-bond donors (Lipinski definition) is 2. The number of carbonyl (C=O) groups excluding carboxylic acids is 1. The first-order valence-corrected chi connectivity index (χ1v) is 6.88. The quantitative estimate of drug-likeness (QED) is 0.620. The van der Waals surface area contributed by atoms with E-state index in [1.54, 1.807) is 19.2 Å². The second-order valence-corrected chi connectivity index (χ2v) is 5.16. The highest BCUT2D eigenvalue weighted by molar-refractivity contribution is 5.95. The van der Waals surface area contributed by atoms with Gasteiger partial charge in [0.15, 0.2) is 0 Å². The normalized spacial score (nSPS) is 15.0. The maximum Gasteiger partial charge on any atom is 0.292 e. The van der Waals surface area contributed by atoms with E-state index in [0.717, 1.165) is 12.0 Å². The first kappa shape index (κ1) is 15.2. The van der Waals surface area contributed by atoms with Crippen molar-refractivity contribution in [1.29, 1.82) is 0 Å². The van der Waals surface area contributed by atoms with E-state index >= 15 is 0 Å². The Labute approximate surface area is 122 Å². The van der Waals surface area contributed by atoms with Gasteiger partial charge in [-0.2, -0.15) is 0 Å². The van der Waals surface area contributed by atoms with E-state index in [9.17, 15) is 14.9 Å². The summed E-state index contributed by atoms with van der Waals surface area (Å²) in [4.78, 5) is 22.3. The maximum absolute atomic E-state index is 11.4. The van der Waals surface area contributed by atoms with Gasteiger partial charge in [0.2, 0.25) is 5.91 Å². The highest BCUT2D eigenvalue weighted by Crippen LogP contribution is 2.34. The molecule has 0 saturated carbocycles. The minimum Gasteiger partial charge on any atom is -0.385 e. The van der Waals surface area contributed by atoms with Gasteiger partial charge < -0.3 is 15.4 Å². The lowest BCUT2D eigenvalue weighted by atomic mass is 10.0. The topological polar surface area (TPSA) is 93.5 Å².